The minimum absolute atomic E-state index is 0.196. The number of carbonyl (C=O) groups excluding carboxylic acids is 1. The van der Waals surface area contributed by atoms with E-state index in [9.17, 15) is 10.1 Å². The van der Waals surface area contributed by atoms with Gasteiger partial charge in [-0.3, -0.25) is 14.8 Å². The SMILES string of the molecule is Cc1cc(C(=O)Nc2cccc(Nc3ccncc3)c2)ccc1Nc1ccnc2ccc(C#N)cc12. The van der Waals surface area contributed by atoms with Gasteiger partial charge in [0.15, 0.2) is 0 Å². The first-order chi connectivity index (χ1) is 17.6. The summed E-state index contributed by atoms with van der Waals surface area (Å²) in [5.74, 6) is -0.196. The van der Waals surface area contributed by atoms with E-state index in [1.807, 2.05) is 73.7 Å². The number of amides is 1. The lowest BCUT2D eigenvalue weighted by Crippen LogP contribution is -2.12. The molecular formula is C29H22N6O. The van der Waals surface area contributed by atoms with Gasteiger partial charge < -0.3 is 16.0 Å². The number of hydrogen-bond acceptors (Lipinski definition) is 6. The van der Waals surface area contributed by atoms with Crippen molar-refractivity contribution >= 4 is 45.2 Å². The first kappa shape index (κ1) is 22.6. The molecule has 0 aliphatic heterocycles. The molecule has 36 heavy (non-hydrogen) atoms. The van der Waals surface area contributed by atoms with Crippen LogP contribution in [0.3, 0.4) is 0 Å². The molecule has 0 bridgehead atoms. The molecule has 7 heteroatoms. The maximum Gasteiger partial charge on any atom is 0.255 e. The summed E-state index contributed by atoms with van der Waals surface area (Å²) in [6, 6.07) is 26.3. The predicted octanol–water partition coefficient (Wildman–Crippen LogP) is 6.55. The van der Waals surface area contributed by atoms with Gasteiger partial charge in [-0.05, 0) is 85.3 Å². The Hall–Kier alpha value is -5.22. The molecule has 0 saturated heterocycles. The fraction of sp³-hybridized carbons (Fsp3) is 0.0345. The summed E-state index contributed by atoms with van der Waals surface area (Å²) < 4.78 is 0. The number of rotatable bonds is 6. The number of anilines is 5. The number of carbonyl (C=O) groups is 1. The molecule has 2 heterocycles. The highest BCUT2D eigenvalue weighted by Gasteiger charge is 2.11. The van der Waals surface area contributed by atoms with Gasteiger partial charge in [-0.2, -0.15) is 5.26 Å². The van der Waals surface area contributed by atoms with Gasteiger partial charge in [-0.15, -0.1) is 0 Å². The summed E-state index contributed by atoms with van der Waals surface area (Å²) in [5.41, 5.74) is 7.01. The number of hydrogen-bond donors (Lipinski definition) is 3. The second-order valence-corrected chi connectivity index (χ2v) is 8.25. The molecule has 0 unspecified atom stereocenters. The minimum atomic E-state index is -0.196. The van der Waals surface area contributed by atoms with Gasteiger partial charge in [0, 0.05) is 58.0 Å². The van der Waals surface area contributed by atoms with Gasteiger partial charge in [-0.1, -0.05) is 6.07 Å². The molecule has 3 aromatic carbocycles. The van der Waals surface area contributed by atoms with E-state index in [-0.39, 0.29) is 5.91 Å². The molecule has 2 aromatic heterocycles. The zero-order chi connectivity index (χ0) is 24.9. The van der Waals surface area contributed by atoms with Crippen molar-refractivity contribution in [2.24, 2.45) is 0 Å². The fourth-order valence-electron chi connectivity index (χ4n) is 3.89. The van der Waals surface area contributed by atoms with Crippen LogP contribution in [0.1, 0.15) is 21.5 Å². The van der Waals surface area contributed by atoms with Gasteiger partial charge in [0.05, 0.1) is 17.1 Å². The highest BCUT2D eigenvalue weighted by molar-refractivity contribution is 6.05. The Bertz CT molecular complexity index is 1610. The Morgan fingerprint density at radius 2 is 1.64 bits per heavy atom. The fourth-order valence-corrected chi connectivity index (χ4v) is 3.89. The topological polar surface area (TPSA) is 103 Å². The van der Waals surface area contributed by atoms with Gasteiger partial charge >= 0.3 is 0 Å². The molecule has 0 saturated carbocycles. The predicted molar refractivity (Wildman–Crippen MR) is 143 cm³/mol. The third-order valence-corrected chi connectivity index (χ3v) is 5.72. The zero-order valence-electron chi connectivity index (χ0n) is 19.5. The van der Waals surface area contributed by atoms with Crippen molar-refractivity contribution in [3.8, 4) is 6.07 Å². The molecule has 1 amide bonds. The lowest BCUT2D eigenvalue weighted by Gasteiger charge is -2.14. The lowest BCUT2D eigenvalue weighted by atomic mass is 10.1. The van der Waals surface area contributed by atoms with Crippen LogP contribution in [0.4, 0.5) is 28.4 Å². The molecule has 0 aliphatic rings. The van der Waals surface area contributed by atoms with E-state index >= 15 is 0 Å². The average Bonchev–Trinajstić information content (AvgIpc) is 2.90. The third kappa shape index (κ3) is 4.98. The van der Waals surface area contributed by atoms with E-state index in [4.69, 9.17) is 0 Å². The Kier molecular flexibility index (Phi) is 6.24. The van der Waals surface area contributed by atoms with E-state index < -0.39 is 0 Å². The van der Waals surface area contributed by atoms with E-state index in [0.29, 0.717) is 16.8 Å². The van der Waals surface area contributed by atoms with Crippen molar-refractivity contribution in [2.45, 2.75) is 6.92 Å². The Morgan fingerprint density at radius 3 is 2.44 bits per heavy atom. The molecule has 7 nitrogen and oxygen atoms in total. The van der Waals surface area contributed by atoms with Crippen molar-refractivity contribution in [1.82, 2.24) is 9.97 Å². The summed E-state index contributed by atoms with van der Waals surface area (Å²) >= 11 is 0. The van der Waals surface area contributed by atoms with E-state index in [1.54, 1.807) is 30.7 Å². The molecule has 0 spiro atoms. The van der Waals surface area contributed by atoms with Crippen LogP contribution in [0.15, 0.2) is 97.5 Å². The number of fused-ring (bicyclic) bond motifs is 1. The summed E-state index contributed by atoms with van der Waals surface area (Å²) in [6.45, 7) is 1.95. The molecular weight excluding hydrogens is 448 g/mol. The van der Waals surface area contributed by atoms with Crippen LogP contribution in [0.2, 0.25) is 0 Å². The number of nitrogens with zero attached hydrogens (tertiary/aromatic N) is 3. The summed E-state index contributed by atoms with van der Waals surface area (Å²) in [4.78, 5) is 21.3. The molecule has 0 atom stereocenters. The highest BCUT2D eigenvalue weighted by Crippen LogP contribution is 2.28. The standard InChI is InChI=1S/C29H22N6O/c1-19-15-21(29(36)34-24-4-2-3-23(17-24)33-22-9-12-31-13-10-22)6-8-26(19)35-28-11-14-32-27-7-5-20(18-30)16-25(27)28/h2-17H,1H3,(H,31,33)(H,32,35)(H,34,36). The Balaban J connectivity index is 1.32. The van der Waals surface area contributed by atoms with Crippen LogP contribution in [0.25, 0.3) is 10.9 Å². The molecule has 3 N–H and O–H groups in total. The van der Waals surface area contributed by atoms with Crippen LogP contribution in [-0.4, -0.2) is 15.9 Å². The Labute approximate surface area is 208 Å². The summed E-state index contributed by atoms with van der Waals surface area (Å²) in [6.07, 6.45) is 5.16. The van der Waals surface area contributed by atoms with Crippen molar-refractivity contribution in [2.75, 3.05) is 16.0 Å². The van der Waals surface area contributed by atoms with Crippen molar-refractivity contribution in [3.05, 3.63) is 114 Å². The van der Waals surface area contributed by atoms with Crippen molar-refractivity contribution in [1.29, 1.82) is 5.26 Å². The maximum absolute atomic E-state index is 13.0. The van der Waals surface area contributed by atoms with Crippen LogP contribution in [0, 0.1) is 18.3 Å². The molecule has 0 aliphatic carbocycles. The molecule has 5 aromatic rings. The van der Waals surface area contributed by atoms with Crippen molar-refractivity contribution in [3.63, 3.8) is 0 Å². The molecule has 174 valence electrons. The van der Waals surface area contributed by atoms with Gasteiger partial charge in [0.1, 0.15) is 0 Å². The molecule has 5 rings (SSSR count). The maximum atomic E-state index is 13.0. The molecule has 0 fully saturated rings. The van der Waals surface area contributed by atoms with Gasteiger partial charge in [-0.25, -0.2) is 0 Å². The second kappa shape index (κ2) is 9.95. The number of pyridine rings is 2. The van der Waals surface area contributed by atoms with Crippen LogP contribution in [-0.2, 0) is 0 Å². The van der Waals surface area contributed by atoms with Crippen LogP contribution < -0.4 is 16.0 Å². The first-order valence-corrected chi connectivity index (χ1v) is 11.3. The first-order valence-electron chi connectivity index (χ1n) is 11.3. The minimum Gasteiger partial charge on any atom is -0.355 e. The summed E-state index contributed by atoms with van der Waals surface area (Å²) in [5, 5.41) is 19.8. The normalized spacial score (nSPS) is 10.4. The average molecular weight is 471 g/mol. The van der Waals surface area contributed by atoms with Crippen molar-refractivity contribution < 1.29 is 4.79 Å². The largest absolute Gasteiger partial charge is 0.355 e. The van der Waals surface area contributed by atoms with Crippen LogP contribution in [0.5, 0.6) is 0 Å². The van der Waals surface area contributed by atoms with Gasteiger partial charge in [0.25, 0.3) is 5.91 Å². The monoisotopic (exact) mass is 470 g/mol. The number of nitrogens with one attached hydrogen (secondary N) is 3. The van der Waals surface area contributed by atoms with E-state index in [2.05, 4.69) is 32.0 Å². The smallest absolute Gasteiger partial charge is 0.255 e. The number of benzene rings is 3. The highest BCUT2D eigenvalue weighted by atomic mass is 16.1. The Morgan fingerprint density at radius 1 is 0.806 bits per heavy atom. The summed E-state index contributed by atoms with van der Waals surface area (Å²) in [7, 11) is 0. The van der Waals surface area contributed by atoms with Crippen LogP contribution >= 0.6 is 0 Å². The zero-order valence-corrected chi connectivity index (χ0v) is 19.5. The number of nitriles is 1. The second-order valence-electron chi connectivity index (χ2n) is 8.25. The third-order valence-electron chi connectivity index (χ3n) is 5.72. The van der Waals surface area contributed by atoms with E-state index in [0.717, 1.165) is 39.2 Å². The number of aryl methyl sites for hydroxylation is 1. The quantitative estimate of drug-likeness (QED) is 0.260. The molecule has 0 radical (unpaired) electrons. The van der Waals surface area contributed by atoms with Gasteiger partial charge in [0.2, 0.25) is 0 Å². The number of aromatic nitrogens is 2. The van der Waals surface area contributed by atoms with E-state index in [1.165, 1.54) is 0 Å². The lowest BCUT2D eigenvalue weighted by molar-refractivity contribution is 0.102.